The average Bonchev–Trinajstić information content (AvgIpc) is 3.09. The van der Waals surface area contributed by atoms with Crippen molar-refractivity contribution < 1.29 is 29.9 Å². The summed E-state index contributed by atoms with van der Waals surface area (Å²) in [6.45, 7) is -0.461. The van der Waals surface area contributed by atoms with Gasteiger partial charge in [-0.05, 0) is 67.0 Å². The summed E-state index contributed by atoms with van der Waals surface area (Å²) < 4.78 is 11.9. The maximum absolute atomic E-state index is 10.4. The highest BCUT2D eigenvalue weighted by atomic mass is 35.5. The first kappa shape index (κ1) is 24.5. The second-order valence-electron chi connectivity index (χ2n) is 9.15. The molecule has 0 aromatic heterocycles. The second-order valence-corrected chi connectivity index (χ2v) is 9.56. The van der Waals surface area contributed by atoms with Gasteiger partial charge in [-0.3, -0.25) is 0 Å². The summed E-state index contributed by atoms with van der Waals surface area (Å²) in [4.78, 5) is 0. The predicted molar refractivity (Wildman–Crippen MR) is 126 cm³/mol. The van der Waals surface area contributed by atoms with Crippen molar-refractivity contribution in [3.05, 3.63) is 64.2 Å². The van der Waals surface area contributed by atoms with E-state index >= 15 is 0 Å². The minimum Gasteiger partial charge on any atom is -0.490 e. The molecule has 4 N–H and O–H groups in total. The molecule has 180 valence electrons. The Morgan fingerprint density at radius 3 is 2.24 bits per heavy atom. The van der Waals surface area contributed by atoms with Gasteiger partial charge in [0.05, 0.1) is 12.7 Å². The van der Waals surface area contributed by atoms with E-state index in [1.54, 1.807) is 12.1 Å². The van der Waals surface area contributed by atoms with Crippen molar-refractivity contribution in [3.63, 3.8) is 0 Å². The molecule has 7 heteroatoms. The second kappa shape index (κ2) is 11.2. The quantitative estimate of drug-likeness (QED) is 0.476. The van der Waals surface area contributed by atoms with Gasteiger partial charge in [0.2, 0.25) is 0 Å². The largest absolute Gasteiger partial charge is 0.490 e. The van der Waals surface area contributed by atoms with E-state index < -0.39 is 37.1 Å². The fraction of sp³-hybridized carbons (Fsp3) is 0.538. The molecule has 4 rings (SSSR count). The lowest BCUT2D eigenvalue weighted by Crippen LogP contribution is -2.55. The van der Waals surface area contributed by atoms with Crippen molar-refractivity contribution in [2.24, 2.45) is 0 Å². The summed E-state index contributed by atoms with van der Waals surface area (Å²) >= 11 is 6.45. The van der Waals surface area contributed by atoms with E-state index in [4.69, 9.17) is 21.1 Å². The Balaban J connectivity index is 1.46. The van der Waals surface area contributed by atoms with Crippen LogP contribution in [0.3, 0.4) is 0 Å². The Kier molecular flexibility index (Phi) is 8.28. The van der Waals surface area contributed by atoms with Gasteiger partial charge in [0, 0.05) is 5.02 Å². The van der Waals surface area contributed by atoms with Gasteiger partial charge in [-0.1, -0.05) is 48.7 Å². The SMILES string of the molecule is OCC1OC(c2ccc(Cl)c(Cc3ccc(OC4CCCCCC4)cc3)c2)C(O)C(O)C1O. The molecule has 2 aromatic carbocycles. The maximum Gasteiger partial charge on any atom is 0.119 e. The van der Waals surface area contributed by atoms with Gasteiger partial charge < -0.3 is 29.9 Å². The van der Waals surface area contributed by atoms with Crippen LogP contribution in [0.15, 0.2) is 42.5 Å². The van der Waals surface area contributed by atoms with Crippen LogP contribution in [0.4, 0.5) is 0 Å². The lowest BCUT2D eigenvalue weighted by molar-refractivity contribution is -0.231. The highest BCUT2D eigenvalue weighted by Gasteiger charge is 2.44. The third-order valence-corrected chi connectivity index (χ3v) is 7.08. The monoisotopic (exact) mass is 476 g/mol. The van der Waals surface area contributed by atoms with Gasteiger partial charge in [-0.15, -0.1) is 0 Å². The van der Waals surface area contributed by atoms with Gasteiger partial charge in [-0.2, -0.15) is 0 Å². The zero-order valence-electron chi connectivity index (χ0n) is 18.6. The zero-order chi connectivity index (χ0) is 23.4. The Hall–Kier alpha value is -1.67. The molecular formula is C26H33ClO6. The number of rotatable bonds is 6. The molecule has 0 amide bonds. The maximum atomic E-state index is 10.4. The van der Waals surface area contributed by atoms with Crippen LogP contribution in [0.1, 0.15) is 61.3 Å². The van der Waals surface area contributed by atoms with Crippen LogP contribution >= 0.6 is 11.6 Å². The fourth-order valence-corrected chi connectivity index (χ4v) is 4.93. The molecule has 1 saturated carbocycles. The number of hydrogen-bond donors (Lipinski definition) is 4. The average molecular weight is 477 g/mol. The Labute approximate surface area is 199 Å². The molecule has 2 fully saturated rings. The molecule has 0 spiro atoms. The van der Waals surface area contributed by atoms with Crippen molar-refractivity contribution in [2.45, 2.75) is 81.6 Å². The van der Waals surface area contributed by atoms with Crippen LogP contribution in [0.25, 0.3) is 0 Å². The molecule has 6 nitrogen and oxygen atoms in total. The number of hydrogen-bond acceptors (Lipinski definition) is 6. The van der Waals surface area contributed by atoms with Crippen LogP contribution in [-0.4, -0.2) is 57.6 Å². The Morgan fingerprint density at radius 2 is 1.58 bits per heavy atom. The summed E-state index contributed by atoms with van der Waals surface area (Å²) in [7, 11) is 0. The number of benzene rings is 2. The molecule has 0 radical (unpaired) electrons. The van der Waals surface area contributed by atoms with Gasteiger partial charge in [-0.25, -0.2) is 0 Å². The Bertz CT molecular complexity index is 894. The topological polar surface area (TPSA) is 99.4 Å². The fourth-order valence-electron chi connectivity index (χ4n) is 4.74. The number of aliphatic hydroxyl groups excluding tert-OH is 4. The summed E-state index contributed by atoms with van der Waals surface area (Å²) in [6.07, 6.45) is 2.19. The summed E-state index contributed by atoms with van der Waals surface area (Å²) in [5.41, 5.74) is 2.54. The van der Waals surface area contributed by atoms with Crippen LogP contribution in [0.5, 0.6) is 5.75 Å². The van der Waals surface area contributed by atoms with Crippen molar-refractivity contribution in [2.75, 3.05) is 6.61 Å². The minimum atomic E-state index is -1.42. The van der Waals surface area contributed by atoms with E-state index in [0.717, 1.165) is 29.7 Å². The zero-order valence-corrected chi connectivity index (χ0v) is 19.4. The van der Waals surface area contributed by atoms with Gasteiger partial charge >= 0.3 is 0 Å². The standard InChI is InChI=1S/C26H33ClO6/c27-21-12-9-17(26-25(31)24(30)23(29)22(15-28)33-26)14-18(21)13-16-7-10-20(11-8-16)32-19-5-3-1-2-4-6-19/h7-12,14,19,22-26,28-31H,1-6,13,15H2. The predicted octanol–water partition coefficient (Wildman–Crippen LogP) is 3.55. The molecule has 5 unspecified atom stereocenters. The number of aliphatic hydroxyl groups is 4. The summed E-state index contributed by atoms with van der Waals surface area (Å²) in [5, 5.41) is 40.6. The highest BCUT2D eigenvalue weighted by Crippen LogP contribution is 2.34. The number of ether oxygens (including phenoxy) is 2. The van der Waals surface area contributed by atoms with E-state index in [1.165, 1.54) is 25.7 Å². The lowest BCUT2D eigenvalue weighted by atomic mass is 9.90. The highest BCUT2D eigenvalue weighted by molar-refractivity contribution is 6.31. The molecule has 33 heavy (non-hydrogen) atoms. The van der Waals surface area contributed by atoms with Crippen LogP contribution in [0.2, 0.25) is 5.02 Å². The first-order valence-electron chi connectivity index (χ1n) is 11.8. The van der Waals surface area contributed by atoms with Crippen molar-refractivity contribution in [1.29, 1.82) is 0 Å². The van der Waals surface area contributed by atoms with E-state index in [0.29, 0.717) is 23.1 Å². The smallest absolute Gasteiger partial charge is 0.119 e. The first-order valence-corrected chi connectivity index (χ1v) is 12.2. The van der Waals surface area contributed by atoms with E-state index in [2.05, 4.69) is 0 Å². The molecule has 2 aromatic rings. The molecule has 1 aliphatic heterocycles. The van der Waals surface area contributed by atoms with Crippen molar-refractivity contribution in [3.8, 4) is 5.75 Å². The number of halogens is 1. The molecule has 1 aliphatic carbocycles. The van der Waals surface area contributed by atoms with E-state index in [9.17, 15) is 20.4 Å². The van der Waals surface area contributed by atoms with Crippen LogP contribution in [0, 0.1) is 0 Å². The molecule has 1 heterocycles. The van der Waals surface area contributed by atoms with Crippen LogP contribution < -0.4 is 4.74 Å². The Morgan fingerprint density at radius 1 is 0.879 bits per heavy atom. The molecule has 1 saturated heterocycles. The first-order chi connectivity index (χ1) is 16.0. The van der Waals surface area contributed by atoms with Gasteiger partial charge in [0.1, 0.15) is 36.3 Å². The van der Waals surface area contributed by atoms with Gasteiger partial charge in [0.25, 0.3) is 0 Å². The third-order valence-electron chi connectivity index (χ3n) is 6.71. The summed E-state index contributed by atoms with van der Waals surface area (Å²) in [6, 6.07) is 13.3. The lowest BCUT2D eigenvalue weighted by Gasteiger charge is -2.40. The molecular weight excluding hydrogens is 444 g/mol. The van der Waals surface area contributed by atoms with Crippen LogP contribution in [-0.2, 0) is 11.2 Å². The van der Waals surface area contributed by atoms with Crippen molar-refractivity contribution in [1.82, 2.24) is 0 Å². The van der Waals surface area contributed by atoms with Crippen molar-refractivity contribution >= 4 is 11.6 Å². The van der Waals surface area contributed by atoms with E-state index in [1.807, 2.05) is 30.3 Å². The van der Waals surface area contributed by atoms with E-state index in [-0.39, 0.29) is 0 Å². The normalized spacial score (nSPS) is 28.9. The third kappa shape index (κ3) is 5.88. The summed E-state index contributed by atoms with van der Waals surface area (Å²) in [5.74, 6) is 0.881. The van der Waals surface area contributed by atoms with Gasteiger partial charge in [0.15, 0.2) is 0 Å². The molecule has 2 aliphatic rings. The molecule has 5 atom stereocenters. The minimum absolute atomic E-state index is 0.294. The molecule has 0 bridgehead atoms.